The van der Waals surface area contributed by atoms with Gasteiger partial charge in [0.1, 0.15) is 23.2 Å². The fraction of sp³-hybridized carbons (Fsp3) is 0. The summed E-state index contributed by atoms with van der Waals surface area (Å²) in [4.78, 5) is 3.83. The normalized spacial score (nSPS) is 10.8. The number of nitrogen functional groups attached to an aromatic ring is 1. The number of nitrogens with zero attached hydrogens (tertiary/aromatic N) is 3. The minimum absolute atomic E-state index is 0.0926. The second-order valence-electron chi connectivity index (χ2n) is 4.34. The van der Waals surface area contributed by atoms with Gasteiger partial charge in [0.15, 0.2) is 5.82 Å². The van der Waals surface area contributed by atoms with E-state index in [1.165, 1.54) is 16.7 Å². The average Bonchev–Trinajstić information content (AvgIpc) is 2.76. The number of hydrogen-bond acceptors (Lipinski definition) is 3. The van der Waals surface area contributed by atoms with Crippen molar-refractivity contribution in [2.24, 2.45) is 0 Å². The van der Waals surface area contributed by atoms with Crippen LogP contribution in [0.5, 0.6) is 0 Å². The first kappa shape index (κ1) is 13.0. The van der Waals surface area contributed by atoms with Crippen LogP contribution in [0.25, 0.3) is 16.7 Å². The zero-order chi connectivity index (χ0) is 15.1. The summed E-state index contributed by atoms with van der Waals surface area (Å²) < 4.78 is 41.7. The fourth-order valence-electron chi connectivity index (χ4n) is 2.13. The minimum atomic E-state index is -0.849. The van der Waals surface area contributed by atoms with Crippen molar-refractivity contribution in [1.29, 1.82) is 5.26 Å². The number of aromatic nitrogens is 2. The number of imidazole rings is 1. The molecule has 1 aromatic heterocycles. The Labute approximate surface area is 116 Å². The van der Waals surface area contributed by atoms with Crippen LogP contribution in [-0.4, -0.2) is 9.55 Å². The number of nitrogens with two attached hydrogens (primary N) is 1. The van der Waals surface area contributed by atoms with Crippen LogP contribution in [0.2, 0.25) is 0 Å². The molecule has 2 aromatic carbocycles. The number of halogens is 3. The van der Waals surface area contributed by atoms with Crippen molar-refractivity contribution < 1.29 is 13.2 Å². The molecule has 104 valence electrons. The Hall–Kier alpha value is -3.01. The van der Waals surface area contributed by atoms with E-state index in [2.05, 4.69) is 4.98 Å². The van der Waals surface area contributed by atoms with Crippen LogP contribution in [0.4, 0.5) is 19.1 Å². The second-order valence-corrected chi connectivity index (χ2v) is 4.34. The number of benzene rings is 2. The molecule has 0 radical (unpaired) electrons. The molecule has 0 fully saturated rings. The smallest absolute Gasteiger partial charge is 0.206 e. The van der Waals surface area contributed by atoms with Crippen LogP contribution < -0.4 is 5.73 Å². The van der Waals surface area contributed by atoms with Gasteiger partial charge in [-0.15, -0.1) is 0 Å². The molecule has 0 aliphatic rings. The third-order valence-corrected chi connectivity index (χ3v) is 3.03. The standard InChI is InChI=1S/C14H7F3N4/c15-8-4-11(17)13-12(5-8)21(14(19)20-13)9-1-2-10(16)7(3-9)6-18/h1-5H,(H2,19,20). The van der Waals surface area contributed by atoms with E-state index in [9.17, 15) is 13.2 Å². The first-order valence-corrected chi connectivity index (χ1v) is 5.84. The Morgan fingerprint density at radius 1 is 1.10 bits per heavy atom. The van der Waals surface area contributed by atoms with Gasteiger partial charge < -0.3 is 5.73 Å². The van der Waals surface area contributed by atoms with Crippen LogP contribution in [0.15, 0.2) is 30.3 Å². The highest BCUT2D eigenvalue weighted by Gasteiger charge is 2.16. The Morgan fingerprint density at radius 2 is 1.86 bits per heavy atom. The summed E-state index contributed by atoms with van der Waals surface area (Å²) in [5, 5.41) is 8.85. The minimum Gasteiger partial charge on any atom is -0.369 e. The molecule has 3 aromatic rings. The van der Waals surface area contributed by atoms with Crippen LogP contribution in [-0.2, 0) is 0 Å². The lowest BCUT2D eigenvalue weighted by Crippen LogP contribution is -2.01. The zero-order valence-corrected chi connectivity index (χ0v) is 10.4. The summed E-state index contributed by atoms with van der Waals surface area (Å²) in [7, 11) is 0. The van der Waals surface area contributed by atoms with Crippen molar-refractivity contribution in [3.63, 3.8) is 0 Å². The third-order valence-electron chi connectivity index (χ3n) is 3.03. The van der Waals surface area contributed by atoms with Gasteiger partial charge in [0, 0.05) is 12.1 Å². The molecule has 0 aliphatic carbocycles. The highest BCUT2D eigenvalue weighted by Crippen LogP contribution is 2.26. The van der Waals surface area contributed by atoms with Crippen LogP contribution in [0, 0.1) is 28.8 Å². The van der Waals surface area contributed by atoms with Gasteiger partial charge in [-0.25, -0.2) is 18.2 Å². The lowest BCUT2D eigenvalue weighted by molar-refractivity contribution is 0.590. The Bertz CT molecular complexity index is 909. The van der Waals surface area contributed by atoms with Crippen molar-refractivity contribution in [1.82, 2.24) is 9.55 Å². The first-order chi connectivity index (χ1) is 10.0. The van der Waals surface area contributed by atoms with Crippen molar-refractivity contribution in [3.05, 3.63) is 53.3 Å². The second kappa shape index (κ2) is 4.52. The molecule has 7 heteroatoms. The van der Waals surface area contributed by atoms with Gasteiger partial charge in [0.05, 0.1) is 16.8 Å². The lowest BCUT2D eigenvalue weighted by atomic mass is 10.2. The molecule has 3 rings (SSSR count). The van der Waals surface area contributed by atoms with Gasteiger partial charge in [-0.3, -0.25) is 4.57 Å². The maximum Gasteiger partial charge on any atom is 0.206 e. The van der Waals surface area contributed by atoms with Gasteiger partial charge in [-0.05, 0) is 18.2 Å². The Kier molecular flexibility index (Phi) is 2.80. The van der Waals surface area contributed by atoms with Crippen LogP contribution >= 0.6 is 0 Å². The van der Waals surface area contributed by atoms with E-state index >= 15 is 0 Å². The van der Waals surface area contributed by atoms with Gasteiger partial charge in [0.2, 0.25) is 5.95 Å². The molecule has 0 bridgehead atoms. The average molecular weight is 288 g/mol. The highest BCUT2D eigenvalue weighted by atomic mass is 19.1. The van der Waals surface area contributed by atoms with Gasteiger partial charge in [-0.2, -0.15) is 5.26 Å². The molecule has 1 heterocycles. The van der Waals surface area contributed by atoms with Gasteiger partial charge in [0.25, 0.3) is 0 Å². The molecule has 2 N–H and O–H groups in total. The molecule has 0 unspecified atom stereocenters. The molecular formula is C14H7F3N4. The van der Waals surface area contributed by atoms with E-state index in [0.29, 0.717) is 6.07 Å². The van der Waals surface area contributed by atoms with E-state index < -0.39 is 17.5 Å². The quantitative estimate of drug-likeness (QED) is 0.748. The summed E-state index contributed by atoms with van der Waals surface area (Å²) in [5.74, 6) is -2.42. The van der Waals surface area contributed by atoms with E-state index in [1.807, 2.05) is 0 Å². The third kappa shape index (κ3) is 1.97. The highest BCUT2D eigenvalue weighted by molar-refractivity contribution is 5.81. The van der Waals surface area contributed by atoms with Crippen LogP contribution in [0.1, 0.15) is 5.56 Å². The summed E-state index contributed by atoms with van der Waals surface area (Å²) in [6, 6.07) is 7.11. The van der Waals surface area contributed by atoms with Crippen molar-refractivity contribution >= 4 is 17.0 Å². The molecule has 21 heavy (non-hydrogen) atoms. The number of fused-ring (bicyclic) bond motifs is 1. The van der Waals surface area contributed by atoms with Crippen LogP contribution in [0.3, 0.4) is 0 Å². The van der Waals surface area contributed by atoms with E-state index in [-0.39, 0.29) is 28.2 Å². The first-order valence-electron chi connectivity index (χ1n) is 5.84. The topological polar surface area (TPSA) is 67.6 Å². The van der Waals surface area contributed by atoms with E-state index in [4.69, 9.17) is 11.0 Å². The summed E-state index contributed by atoms with van der Waals surface area (Å²) in [5.41, 5.74) is 5.80. The van der Waals surface area contributed by atoms with E-state index in [1.54, 1.807) is 6.07 Å². The molecule has 0 amide bonds. The molecule has 0 atom stereocenters. The summed E-state index contributed by atoms with van der Waals surface area (Å²) in [6.07, 6.45) is 0. The Balaban J connectivity index is 2.35. The van der Waals surface area contributed by atoms with Crippen molar-refractivity contribution in [2.75, 3.05) is 5.73 Å². The molecular weight excluding hydrogens is 281 g/mol. The predicted molar refractivity (Wildman–Crippen MR) is 70.1 cm³/mol. The van der Waals surface area contributed by atoms with E-state index in [0.717, 1.165) is 12.1 Å². The molecule has 0 spiro atoms. The van der Waals surface area contributed by atoms with Crippen molar-refractivity contribution in [2.45, 2.75) is 0 Å². The molecule has 0 saturated heterocycles. The maximum absolute atomic E-state index is 13.7. The van der Waals surface area contributed by atoms with Gasteiger partial charge in [-0.1, -0.05) is 0 Å². The SMILES string of the molecule is N#Cc1cc(-n2c(N)nc3c(F)cc(F)cc32)ccc1F. The lowest BCUT2D eigenvalue weighted by Gasteiger charge is -2.07. The molecule has 0 aliphatic heterocycles. The fourth-order valence-corrected chi connectivity index (χ4v) is 2.13. The largest absolute Gasteiger partial charge is 0.369 e. The Morgan fingerprint density at radius 3 is 2.57 bits per heavy atom. The number of nitriles is 1. The molecule has 0 saturated carbocycles. The monoisotopic (exact) mass is 288 g/mol. The number of hydrogen-bond donors (Lipinski definition) is 1. The maximum atomic E-state index is 13.7. The summed E-state index contributed by atoms with van der Waals surface area (Å²) in [6.45, 7) is 0. The predicted octanol–water partition coefficient (Wildman–Crippen LogP) is 2.90. The molecule has 4 nitrogen and oxygen atoms in total. The van der Waals surface area contributed by atoms with Gasteiger partial charge >= 0.3 is 0 Å². The summed E-state index contributed by atoms with van der Waals surface area (Å²) >= 11 is 0. The van der Waals surface area contributed by atoms with Crippen molar-refractivity contribution in [3.8, 4) is 11.8 Å². The number of rotatable bonds is 1. The zero-order valence-electron chi connectivity index (χ0n) is 10.4. The number of anilines is 1.